The van der Waals surface area contributed by atoms with E-state index in [1.54, 1.807) is 0 Å². The van der Waals surface area contributed by atoms with Gasteiger partial charge in [-0.3, -0.25) is 14.9 Å². The molecule has 2 fully saturated rings. The third-order valence-corrected chi connectivity index (χ3v) is 8.87. The van der Waals surface area contributed by atoms with Gasteiger partial charge in [-0.15, -0.1) is 5.10 Å². The van der Waals surface area contributed by atoms with E-state index in [9.17, 15) is 0 Å². The SMILES string of the molecule is Cc1cccc(-c2c(-c3ccc4ncc(N5CCC(N6CCN(C)CC6)CC5)cc4c3)nnn2Cc2ccccc2)n1. The number of fused-ring (bicyclic) bond motifs is 1. The van der Waals surface area contributed by atoms with Crippen molar-refractivity contribution in [1.82, 2.24) is 34.8 Å². The fraction of sp³-hybridized carbons (Fsp3) is 0.353. The van der Waals surface area contributed by atoms with Gasteiger partial charge in [0.25, 0.3) is 0 Å². The first-order chi connectivity index (χ1) is 20.6. The summed E-state index contributed by atoms with van der Waals surface area (Å²) in [4.78, 5) is 17.4. The molecule has 214 valence electrons. The van der Waals surface area contributed by atoms with Crippen LogP contribution in [-0.2, 0) is 6.54 Å². The van der Waals surface area contributed by atoms with Crippen LogP contribution in [0.4, 0.5) is 5.69 Å². The maximum Gasteiger partial charge on any atom is 0.122 e. The van der Waals surface area contributed by atoms with E-state index in [0.29, 0.717) is 12.6 Å². The zero-order chi connectivity index (χ0) is 28.5. The van der Waals surface area contributed by atoms with Gasteiger partial charge in [-0.05, 0) is 62.7 Å². The number of nitrogens with zero attached hydrogens (tertiary/aromatic N) is 8. The van der Waals surface area contributed by atoms with Crippen molar-refractivity contribution in [3.63, 3.8) is 0 Å². The highest BCUT2D eigenvalue weighted by Gasteiger charge is 2.27. The predicted octanol–water partition coefficient (Wildman–Crippen LogP) is 5.13. The van der Waals surface area contributed by atoms with Crippen molar-refractivity contribution in [3.8, 4) is 22.6 Å². The summed E-state index contributed by atoms with van der Waals surface area (Å²) in [5.41, 5.74) is 7.99. The number of aromatic nitrogens is 5. The van der Waals surface area contributed by atoms with Crippen molar-refractivity contribution in [3.05, 3.63) is 90.3 Å². The molecule has 2 saturated heterocycles. The van der Waals surface area contributed by atoms with Crippen LogP contribution < -0.4 is 4.90 Å². The normalized spacial score (nSPS) is 17.2. The number of anilines is 1. The Morgan fingerprint density at radius 3 is 2.43 bits per heavy atom. The molecule has 0 amide bonds. The number of piperazine rings is 1. The highest BCUT2D eigenvalue weighted by Crippen LogP contribution is 2.33. The average Bonchev–Trinajstić information content (AvgIpc) is 3.45. The average molecular weight is 559 g/mol. The number of hydrogen-bond acceptors (Lipinski definition) is 7. The lowest BCUT2D eigenvalue weighted by atomic mass is 10.0. The van der Waals surface area contributed by atoms with Gasteiger partial charge in [0.2, 0.25) is 0 Å². The molecule has 0 spiro atoms. The predicted molar refractivity (Wildman–Crippen MR) is 169 cm³/mol. The lowest BCUT2D eigenvalue weighted by Gasteiger charge is -2.42. The van der Waals surface area contributed by atoms with Crippen LogP contribution in [0, 0.1) is 6.92 Å². The van der Waals surface area contributed by atoms with Crippen molar-refractivity contribution in [2.24, 2.45) is 0 Å². The molecule has 2 aliphatic rings. The van der Waals surface area contributed by atoms with Gasteiger partial charge in [-0.1, -0.05) is 47.7 Å². The first kappa shape index (κ1) is 26.7. The maximum absolute atomic E-state index is 4.86. The van der Waals surface area contributed by atoms with E-state index in [1.165, 1.54) is 50.3 Å². The molecule has 0 bridgehead atoms. The smallest absolute Gasteiger partial charge is 0.122 e. The molecule has 0 atom stereocenters. The van der Waals surface area contributed by atoms with Crippen LogP contribution in [0.2, 0.25) is 0 Å². The molecule has 2 aliphatic heterocycles. The number of benzene rings is 2. The Bertz CT molecular complexity index is 1660. The van der Waals surface area contributed by atoms with Crippen molar-refractivity contribution < 1.29 is 0 Å². The zero-order valence-corrected chi connectivity index (χ0v) is 24.5. The van der Waals surface area contributed by atoms with E-state index in [1.807, 2.05) is 42.1 Å². The van der Waals surface area contributed by atoms with Gasteiger partial charge in [0.1, 0.15) is 11.4 Å². The van der Waals surface area contributed by atoms with Gasteiger partial charge in [0.15, 0.2) is 0 Å². The maximum atomic E-state index is 4.86. The Morgan fingerprint density at radius 1 is 0.833 bits per heavy atom. The van der Waals surface area contributed by atoms with E-state index in [0.717, 1.165) is 52.3 Å². The minimum atomic E-state index is 0.627. The van der Waals surface area contributed by atoms with Crippen LogP contribution in [0.5, 0.6) is 0 Å². The number of pyridine rings is 2. The van der Waals surface area contributed by atoms with E-state index < -0.39 is 0 Å². The Kier molecular flexibility index (Phi) is 7.40. The van der Waals surface area contributed by atoms with Gasteiger partial charge in [0, 0.05) is 62.0 Å². The lowest BCUT2D eigenvalue weighted by molar-refractivity contribution is 0.0982. The molecule has 0 aliphatic carbocycles. The Balaban J connectivity index is 1.17. The van der Waals surface area contributed by atoms with Gasteiger partial charge >= 0.3 is 0 Å². The second-order valence-electron chi connectivity index (χ2n) is 11.8. The Morgan fingerprint density at radius 2 is 1.64 bits per heavy atom. The highest BCUT2D eigenvalue weighted by molar-refractivity contribution is 5.88. The second-order valence-corrected chi connectivity index (χ2v) is 11.8. The van der Waals surface area contributed by atoms with Crippen molar-refractivity contribution in [2.45, 2.75) is 32.4 Å². The minimum absolute atomic E-state index is 0.627. The minimum Gasteiger partial charge on any atom is -0.370 e. The molecule has 8 heteroatoms. The largest absolute Gasteiger partial charge is 0.370 e. The van der Waals surface area contributed by atoms with E-state index in [2.05, 4.69) is 75.5 Å². The number of piperidine rings is 1. The quantitative estimate of drug-likeness (QED) is 0.286. The van der Waals surface area contributed by atoms with E-state index in [-0.39, 0.29) is 0 Å². The first-order valence-electron chi connectivity index (χ1n) is 15.1. The van der Waals surface area contributed by atoms with Crippen LogP contribution in [0.1, 0.15) is 24.1 Å². The lowest BCUT2D eigenvalue weighted by Crippen LogP contribution is -2.52. The van der Waals surface area contributed by atoms with Gasteiger partial charge < -0.3 is 9.80 Å². The molecule has 0 saturated carbocycles. The number of hydrogen-bond donors (Lipinski definition) is 0. The fourth-order valence-electron chi connectivity index (χ4n) is 6.42. The molecule has 0 unspecified atom stereocenters. The molecule has 42 heavy (non-hydrogen) atoms. The summed E-state index contributed by atoms with van der Waals surface area (Å²) in [5.74, 6) is 0. The molecule has 8 nitrogen and oxygen atoms in total. The van der Waals surface area contributed by atoms with Crippen LogP contribution in [0.3, 0.4) is 0 Å². The van der Waals surface area contributed by atoms with Crippen LogP contribution in [0.25, 0.3) is 33.5 Å². The molecule has 5 aromatic rings. The zero-order valence-electron chi connectivity index (χ0n) is 24.5. The first-order valence-corrected chi connectivity index (χ1v) is 15.1. The van der Waals surface area contributed by atoms with Crippen LogP contribution in [-0.4, -0.2) is 87.1 Å². The second kappa shape index (κ2) is 11.6. The molecule has 7 rings (SSSR count). The topological polar surface area (TPSA) is 66.2 Å². The van der Waals surface area contributed by atoms with Crippen molar-refractivity contribution in [1.29, 1.82) is 0 Å². The highest BCUT2D eigenvalue weighted by atomic mass is 15.4. The number of aryl methyl sites for hydroxylation is 1. The summed E-state index contributed by atoms with van der Waals surface area (Å²) in [5, 5.41) is 10.4. The molecular formula is C34H38N8. The third kappa shape index (κ3) is 5.52. The fourth-order valence-corrected chi connectivity index (χ4v) is 6.42. The van der Waals surface area contributed by atoms with E-state index in [4.69, 9.17) is 15.1 Å². The summed E-state index contributed by atoms with van der Waals surface area (Å²) < 4.78 is 1.97. The van der Waals surface area contributed by atoms with Crippen LogP contribution in [0.15, 0.2) is 79.0 Å². The standard InChI is InChI=1S/C34H38N8/c1-25-7-6-10-32(36-25)34-33(37-38-42(34)24-26-8-4-3-5-9-26)27-11-12-31-28(21-27)22-30(23-35-31)40-15-13-29(14-16-40)41-19-17-39(2)18-20-41/h3-12,21-23,29H,13-20,24H2,1-2H3. The molecule has 0 N–H and O–H groups in total. The van der Waals surface area contributed by atoms with Gasteiger partial charge in [-0.25, -0.2) is 4.68 Å². The van der Waals surface area contributed by atoms with Crippen molar-refractivity contribution in [2.75, 3.05) is 51.2 Å². The Hall–Kier alpha value is -4.14. The number of rotatable bonds is 6. The summed E-state index contributed by atoms with van der Waals surface area (Å²) in [6, 6.07) is 25.9. The van der Waals surface area contributed by atoms with Crippen molar-refractivity contribution >= 4 is 16.6 Å². The monoisotopic (exact) mass is 558 g/mol. The van der Waals surface area contributed by atoms with E-state index >= 15 is 0 Å². The summed E-state index contributed by atoms with van der Waals surface area (Å²) >= 11 is 0. The van der Waals surface area contributed by atoms with Crippen LogP contribution >= 0.6 is 0 Å². The summed E-state index contributed by atoms with van der Waals surface area (Å²) in [7, 11) is 2.23. The van der Waals surface area contributed by atoms with Gasteiger partial charge in [-0.2, -0.15) is 0 Å². The number of likely N-dealkylation sites (N-methyl/N-ethyl adjacent to an activating group) is 1. The Labute approximate surface area is 247 Å². The third-order valence-electron chi connectivity index (χ3n) is 8.87. The molecule has 5 heterocycles. The summed E-state index contributed by atoms with van der Waals surface area (Å²) in [6.45, 7) is 9.53. The molecule has 2 aromatic carbocycles. The van der Waals surface area contributed by atoms with Gasteiger partial charge in [0.05, 0.1) is 29.6 Å². The summed E-state index contributed by atoms with van der Waals surface area (Å²) in [6.07, 6.45) is 4.45. The molecular weight excluding hydrogens is 520 g/mol. The molecule has 0 radical (unpaired) electrons. The molecule has 3 aromatic heterocycles.